The summed E-state index contributed by atoms with van der Waals surface area (Å²) < 4.78 is 19.8. The number of amides is 2. The lowest BCUT2D eigenvalue weighted by atomic mass is 10.1. The summed E-state index contributed by atoms with van der Waals surface area (Å²) in [6.45, 7) is 4.05. The zero-order chi connectivity index (χ0) is 22.1. The van der Waals surface area contributed by atoms with E-state index in [-0.39, 0.29) is 16.5 Å². The van der Waals surface area contributed by atoms with Crippen LogP contribution in [-0.2, 0) is 11.3 Å². The van der Waals surface area contributed by atoms with E-state index in [1.807, 2.05) is 31.2 Å². The molecular weight excluding hydrogens is 419 g/mol. The first-order chi connectivity index (χ1) is 14.8. The quantitative estimate of drug-likeness (QED) is 0.597. The molecule has 0 saturated carbocycles. The summed E-state index contributed by atoms with van der Waals surface area (Å²) in [6.07, 6.45) is -0.630. The number of hydrogen-bond donors (Lipinski definition) is 1. The minimum absolute atomic E-state index is 0.0176. The Labute approximate surface area is 184 Å². The molecule has 1 atom stereocenters. The SMILES string of the molecule is Cc1ccccc1CN1C(=O)C(C)Oc2ccc(NC(=O)c3c(F)cccc3Cl)cc21. The lowest BCUT2D eigenvalue weighted by Crippen LogP contribution is -2.44. The molecule has 1 unspecified atom stereocenters. The van der Waals surface area contributed by atoms with Gasteiger partial charge >= 0.3 is 0 Å². The van der Waals surface area contributed by atoms with Crippen LogP contribution in [-0.4, -0.2) is 17.9 Å². The number of ether oxygens (including phenoxy) is 1. The maximum Gasteiger partial charge on any atom is 0.268 e. The van der Waals surface area contributed by atoms with Crippen LogP contribution in [0.2, 0.25) is 5.02 Å². The maximum absolute atomic E-state index is 14.1. The summed E-state index contributed by atoms with van der Waals surface area (Å²) in [6, 6.07) is 16.8. The minimum Gasteiger partial charge on any atom is -0.479 e. The molecule has 0 bridgehead atoms. The second-order valence-electron chi connectivity index (χ2n) is 7.34. The molecule has 158 valence electrons. The van der Waals surface area contributed by atoms with Crippen LogP contribution in [0.4, 0.5) is 15.8 Å². The van der Waals surface area contributed by atoms with E-state index < -0.39 is 17.8 Å². The number of fused-ring (bicyclic) bond motifs is 1. The molecule has 1 N–H and O–H groups in total. The fraction of sp³-hybridized carbons (Fsp3) is 0.167. The second-order valence-corrected chi connectivity index (χ2v) is 7.75. The minimum atomic E-state index is -0.712. The number of anilines is 2. The Morgan fingerprint density at radius 1 is 1.16 bits per heavy atom. The topological polar surface area (TPSA) is 58.6 Å². The van der Waals surface area contributed by atoms with Crippen LogP contribution in [0, 0.1) is 12.7 Å². The number of aryl methyl sites for hydroxylation is 1. The first kappa shape index (κ1) is 20.9. The summed E-state index contributed by atoms with van der Waals surface area (Å²) in [5.74, 6) is -1.04. The van der Waals surface area contributed by atoms with Gasteiger partial charge in [0, 0.05) is 5.69 Å². The first-order valence-electron chi connectivity index (χ1n) is 9.77. The van der Waals surface area contributed by atoms with Crippen LogP contribution in [0.25, 0.3) is 0 Å². The third kappa shape index (κ3) is 4.11. The van der Waals surface area contributed by atoms with Gasteiger partial charge in [-0.15, -0.1) is 0 Å². The van der Waals surface area contributed by atoms with Gasteiger partial charge in [0.1, 0.15) is 11.6 Å². The highest BCUT2D eigenvalue weighted by Crippen LogP contribution is 2.37. The number of hydrogen-bond acceptors (Lipinski definition) is 3. The molecule has 1 aliphatic rings. The van der Waals surface area contributed by atoms with Crippen molar-refractivity contribution in [3.63, 3.8) is 0 Å². The average molecular weight is 439 g/mol. The Hall–Kier alpha value is -3.38. The number of nitrogens with one attached hydrogen (secondary N) is 1. The molecule has 3 aromatic rings. The fourth-order valence-corrected chi connectivity index (χ4v) is 3.76. The van der Waals surface area contributed by atoms with Gasteiger partial charge in [0.05, 0.1) is 22.8 Å². The van der Waals surface area contributed by atoms with Crippen molar-refractivity contribution in [1.82, 2.24) is 0 Å². The number of carbonyl (C=O) groups excluding carboxylic acids is 2. The van der Waals surface area contributed by atoms with Crippen molar-refractivity contribution in [2.24, 2.45) is 0 Å². The molecule has 7 heteroatoms. The van der Waals surface area contributed by atoms with Crippen molar-refractivity contribution in [3.05, 3.63) is 88.2 Å². The fourth-order valence-electron chi connectivity index (χ4n) is 3.51. The van der Waals surface area contributed by atoms with Gasteiger partial charge in [-0.2, -0.15) is 0 Å². The Balaban J connectivity index is 1.67. The maximum atomic E-state index is 14.1. The molecule has 0 saturated heterocycles. The Morgan fingerprint density at radius 3 is 2.68 bits per heavy atom. The highest BCUT2D eigenvalue weighted by molar-refractivity contribution is 6.34. The van der Waals surface area contributed by atoms with Gasteiger partial charge in [0.15, 0.2) is 6.10 Å². The average Bonchev–Trinajstić information content (AvgIpc) is 2.73. The normalized spacial score (nSPS) is 15.3. The molecule has 0 fully saturated rings. The third-order valence-corrected chi connectivity index (χ3v) is 5.52. The predicted molar refractivity (Wildman–Crippen MR) is 118 cm³/mol. The van der Waals surface area contributed by atoms with Gasteiger partial charge in [-0.25, -0.2) is 4.39 Å². The summed E-state index contributed by atoms with van der Waals surface area (Å²) in [5, 5.41) is 2.67. The Kier molecular flexibility index (Phi) is 5.65. The smallest absolute Gasteiger partial charge is 0.268 e. The monoisotopic (exact) mass is 438 g/mol. The molecule has 0 radical (unpaired) electrons. The first-order valence-corrected chi connectivity index (χ1v) is 10.1. The second kappa shape index (κ2) is 8.40. The van der Waals surface area contributed by atoms with Crippen LogP contribution in [0.5, 0.6) is 5.75 Å². The van der Waals surface area contributed by atoms with Crippen molar-refractivity contribution < 1.29 is 18.7 Å². The van der Waals surface area contributed by atoms with Gasteiger partial charge < -0.3 is 15.0 Å². The molecule has 0 aliphatic carbocycles. The van der Waals surface area contributed by atoms with E-state index in [1.54, 1.807) is 30.0 Å². The number of halogens is 2. The summed E-state index contributed by atoms with van der Waals surface area (Å²) in [5.41, 5.74) is 2.75. The Morgan fingerprint density at radius 2 is 1.94 bits per heavy atom. The van der Waals surface area contributed by atoms with Crippen LogP contribution in [0.3, 0.4) is 0 Å². The van der Waals surface area contributed by atoms with Crippen molar-refractivity contribution in [3.8, 4) is 5.75 Å². The highest BCUT2D eigenvalue weighted by Gasteiger charge is 2.32. The molecule has 1 heterocycles. The summed E-state index contributed by atoms with van der Waals surface area (Å²) in [4.78, 5) is 27.1. The van der Waals surface area contributed by atoms with Gasteiger partial charge in [-0.05, 0) is 55.3 Å². The standard InChI is InChI=1S/C24H20ClFN2O3/c1-14-6-3-4-7-16(14)13-28-20-12-17(10-11-21(20)31-15(2)24(28)30)27-23(29)22-18(25)8-5-9-19(22)26/h3-12,15H,13H2,1-2H3,(H,27,29). The van der Waals surface area contributed by atoms with Gasteiger partial charge in [0.2, 0.25) is 0 Å². The third-order valence-electron chi connectivity index (χ3n) is 5.20. The molecule has 31 heavy (non-hydrogen) atoms. The van der Waals surface area contributed by atoms with Crippen LogP contribution in [0.1, 0.15) is 28.4 Å². The van der Waals surface area contributed by atoms with Gasteiger partial charge in [0.25, 0.3) is 11.8 Å². The van der Waals surface area contributed by atoms with Crippen molar-refractivity contribution in [2.75, 3.05) is 10.2 Å². The van der Waals surface area contributed by atoms with E-state index in [0.29, 0.717) is 23.7 Å². The van der Waals surface area contributed by atoms with E-state index in [2.05, 4.69) is 5.32 Å². The van der Waals surface area contributed by atoms with E-state index in [4.69, 9.17) is 16.3 Å². The summed E-state index contributed by atoms with van der Waals surface area (Å²) >= 11 is 6.00. The van der Waals surface area contributed by atoms with E-state index >= 15 is 0 Å². The van der Waals surface area contributed by atoms with Crippen LogP contribution < -0.4 is 15.0 Å². The molecule has 4 rings (SSSR count). The molecular formula is C24H20ClFN2O3. The lowest BCUT2D eigenvalue weighted by Gasteiger charge is -2.33. The largest absolute Gasteiger partial charge is 0.479 e. The zero-order valence-corrected chi connectivity index (χ0v) is 17.7. The summed E-state index contributed by atoms with van der Waals surface area (Å²) in [7, 11) is 0. The molecule has 1 aliphatic heterocycles. The molecule has 5 nitrogen and oxygen atoms in total. The number of carbonyl (C=O) groups is 2. The molecule has 2 amide bonds. The number of rotatable bonds is 4. The number of nitrogens with zero attached hydrogens (tertiary/aromatic N) is 1. The van der Waals surface area contributed by atoms with Crippen molar-refractivity contribution in [2.45, 2.75) is 26.5 Å². The highest BCUT2D eigenvalue weighted by atomic mass is 35.5. The van der Waals surface area contributed by atoms with Gasteiger partial charge in [-0.3, -0.25) is 9.59 Å². The van der Waals surface area contributed by atoms with Gasteiger partial charge in [-0.1, -0.05) is 41.9 Å². The van der Waals surface area contributed by atoms with E-state index in [0.717, 1.165) is 11.1 Å². The van der Waals surface area contributed by atoms with E-state index in [9.17, 15) is 14.0 Å². The molecule has 3 aromatic carbocycles. The van der Waals surface area contributed by atoms with Crippen LogP contribution in [0.15, 0.2) is 60.7 Å². The number of benzene rings is 3. The zero-order valence-electron chi connectivity index (χ0n) is 17.0. The van der Waals surface area contributed by atoms with E-state index in [1.165, 1.54) is 18.2 Å². The lowest BCUT2D eigenvalue weighted by molar-refractivity contribution is -0.125. The Bertz CT molecular complexity index is 1160. The van der Waals surface area contributed by atoms with Crippen LogP contribution >= 0.6 is 11.6 Å². The van der Waals surface area contributed by atoms with Crippen molar-refractivity contribution >= 4 is 34.8 Å². The van der Waals surface area contributed by atoms with Crippen molar-refractivity contribution in [1.29, 1.82) is 0 Å². The molecule has 0 aromatic heterocycles. The predicted octanol–water partition coefficient (Wildman–Crippen LogP) is 5.35. The molecule has 0 spiro atoms.